The standard InChI is InChI=1S/C20H35NO3/c22-19(17-14-10-11-15-18(17)20(23)24)21-16-12-8-6-4-2-1-3-5-7-9-13-16/h16-18H,1-15H2,(H,21,22)(H,23,24)/t17-,18+/m0/s1. The van der Waals surface area contributed by atoms with Gasteiger partial charge < -0.3 is 10.4 Å². The third-order valence-electron chi connectivity index (χ3n) is 5.87. The van der Waals surface area contributed by atoms with Crippen molar-refractivity contribution in [2.24, 2.45) is 11.8 Å². The molecular weight excluding hydrogens is 302 g/mol. The summed E-state index contributed by atoms with van der Waals surface area (Å²) >= 11 is 0. The Hall–Kier alpha value is -1.06. The molecule has 2 aliphatic rings. The molecule has 0 aromatic carbocycles. The van der Waals surface area contributed by atoms with Crippen molar-refractivity contribution in [2.45, 2.75) is 102 Å². The number of carboxylic acid groups (broad SMARTS) is 1. The number of nitrogens with one attached hydrogen (secondary N) is 1. The predicted molar refractivity (Wildman–Crippen MR) is 95.8 cm³/mol. The molecule has 24 heavy (non-hydrogen) atoms. The number of carbonyl (C=O) groups excluding carboxylic acids is 1. The van der Waals surface area contributed by atoms with E-state index in [1.807, 2.05) is 0 Å². The highest BCUT2D eigenvalue weighted by Crippen LogP contribution is 2.31. The van der Waals surface area contributed by atoms with Crippen LogP contribution >= 0.6 is 0 Å². The van der Waals surface area contributed by atoms with Crippen molar-refractivity contribution < 1.29 is 14.7 Å². The second-order valence-corrected chi connectivity index (χ2v) is 7.80. The molecule has 2 N–H and O–H groups in total. The number of carboxylic acids is 1. The Morgan fingerprint density at radius 3 is 1.54 bits per heavy atom. The number of carbonyl (C=O) groups is 2. The SMILES string of the molecule is O=C(NC1CCCCCCCCCCC1)[C@H]1CCCC[C@H]1C(=O)O. The molecule has 0 heterocycles. The zero-order chi connectivity index (χ0) is 17.2. The van der Waals surface area contributed by atoms with Crippen molar-refractivity contribution in [1.82, 2.24) is 5.32 Å². The minimum atomic E-state index is -0.798. The highest BCUT2D eigenvalue weighted by molar-refractivity contribution is 5.85. The van der Waals surface area contributed by atoms with E-state index in [1.165, 1.54) is 57.8 Å². The summed E-state index contributed by atoms with van der Waals surface area (Å²) in [6.07, 6.45) is 17.0. The topological polar surface area (TPSA) is 66.4 Å². The lowest BCUT2D eigenvalue weighted by atomic mass is 9.78. The van der Waals surface area contributed by atoms with Crippen LogP contribution in [0.4, 0.5) is 0 Å². The first-order chi connectivity index (χ1) is 11.7. The molecule has 0 radical (unpaired) electrons. The van der Waals surface area contributed by atoms with Gasteiger partial charge in [-0.05, 0) is 25.7 Å². The van der Waals surface area contributed by atoms with Gasteiger partial charge >= 0.3 is 5.97 Å². The van der Waals surface area contributed by atoms with Crippen molar-refractivity contribution >= 4 is 11.9 Å². The smallest absolute Gasteiger partial charge is 0.307 e. The highest BCUT2D eigenvalue weighted by Gasteiger charge is 2.36. The van der Waals surface area contributed by atoms with Crippen LogP contribution in [0, 0.1) is 11.8 Å². The van der Waals surface area contributed by atoms with Crippen LogP contribution in [-0.2, 0) is 9.59 Å². The van der Waals surface area contributed by atoms with Gasteiger partial charge in [-0.1, -0.05) is 70.6 Å². The molecule has 0 saturated heterocycles. The molecule has 1 amide bonds. The Kier molecular flexibility index (Phi) is 8.62. The first-order valence-electron chi connectivity index (χ1n) is 10.2. The lowest BCUT2D eigenvalue weighted by Gasteiger charge is -2.29. The van der Waals surface area contributed by atoms with E-state index < -0.39 is 11.9 Å². The van der Waals surface area contributed by atoms with Crippen LogP contribution in [0.15, 0.2) is 0 Å². The van der Waals surface area contributed by atoms with Crippen LogP contribution < -0.4 is 5.32 Å². The molecule has 0 aromatic rings. The van der Waals surface area contributed by atoms with Crippen LogP contribution in [0.5, 0.6) is 0 Å². The van der Waals surface area contributed by atoms with E-state index in [0.29, 0.717) is 6.42 Å². The summed E-state index contributed by atoms with van der Waals surface area (Å²) in [5.74, 6) is -1.60. The first kappa shape index (κ1) is 19.3. The zero-order valence-corrected chi connectivity index (χ0v) is 15.1. The fraction of sp³-hybridized carbons (Fsp3) is 0.900. The monoisotopic (exact) mass is 337 g/mol. The molecular formula is C20H35NO3. The van der Waals surface area contributed by atoms with Gasteiger partial charge in [-0.25, -0.2) is 0 Å². The van der Waals surface area contributed by atoms with Gasteiger partial charge in [0.05, 0.1) is 11.8 Å². The summed E-state index contributed by atoms with van der Waals surface area (Å²) in [4.78, 5) is 24.1. The fourth-order valence-corrected chi connectivity index (χ4v) is 4.36. The summed E-state index contributed by atoms with van der Waals surface area (Å²) in [5.41, 5.74) is 0. The lowest BCUT2D eigenvalue weighted by molar-refractivity contribution is -0.149. The maximum atomic E-state index is 12.7. The second-order valence-electron chi connectivity index (χ2n) is 7.80. The molecule has 0 unspecified atom stereocenters. The van der Waals surface area contributed by atoms with E-state index in [2.05, 4.69) is 5.32 Å². The van der Waals surface area contributed by atoms with Crippen LogP contribution in [0.25, 0.3) is 0 Å². The first-order valence-corrected chi connectivity index (χ1v) is 10.2. The fourth-order valence-electron chi connectivity index (χ4n) is 4.36. The molecule has 2 rings (SSSR count). The van der Waals surface area contributed by atoms with Gasteiger partial charge in [0.2, 0.25) is 5.91 Å². The van der Waals surface area contributed by atoms with Crippen molar-refractivity contribution in [3.8, 4) is 0 Å². The molecule has 2 saturated carbocycles. The highest BCUT2D eigenvalue weighted by atomic mass is 16.4. The van der Waals surface area contributed by atoms with E-state index >= 15 is 0 Å². The Labute approximate surface area is 146 Å². The molecule has 2 atom stereocenters. The molecule has 0 aromatic heterocycles. The third-order valence-corrected chi connectivity index (χ3v) is 5.87. The van der Waals surface area contributed by atoms with E-state index in [0.717, 1.165) is 32.1 Å². The summed E-state index contributed by atoms with van der Waals surface area (Å²) in [5, 5.41) is 12.6. The van der Waals surface area contributed by atoms with Crippen molar-refractivity contribution in [3.05, 3.63) is 0 Å². The Balaban J connectivity index is 1.87. The largest absolute Gasteiger partial charge is 0.481 e. The summed E-state index contributed by atoms with van der Waals surface area (Å²) in [7, 11) is 0. The second kappa shape index (κ2) is 10.7. The molecule has 2 fully saturated rings. The minimum Gasteiger partial charge on any atom is -0.481 e. The van der Waals surface area contributed by atoms with Crippen molar-refractivity contribution in [3.63, 3.8) is 0 Å². The van der Waals surface area contributed by atoms with Crippen LogP contribution in [0.3, 0.4) is 0 Å². The van der Waals surface area contributed by atoms with Crippen LogP contribution in [0.1, 0.15) is 96.3 Å². The number of rotatable bonds is 3. The van der Waals surface area contributed by atoms with Gasteiger partial charge in [-0.3, -0.25) is 9.59 Å². The van der Waals surface area contributed by atoms with E-state index in [9.17, 15) is 14.7 Å². The number of aliphatic carboxylic acids is 1. The summed E-state index contributed by atoms with van der Waals surface area (Å²) in [6.45, 7) is 0. The van der Waals surface area contributed by atoms with Crippen molar-refractivity contribution in [2.75, 3.05) is 0 Å². The Morgan fingerprint density at radius 1 is 0.625 bits per heavy atom. The van der Waals surface area contributed by atoms with E-state index in [1.54, 1.807) is 0 Å². The molecule has 4 heteroatoms. The predicted octanol–water partition coefficient (Wildman–Crippen LogP) is 4.67. The van der Waals surface area contributed by atoms with E-state index in [-0.39, 0.29) is 17.9 Å². The molecule has 4 nitrogen and oxygen atoms in total. The third kappa shape index (κ3) is 6.45. The number of hydrogen-bond donors (Lipinski definition) is 2. The number of hydrogen-bond acceptors (Lipinski definition) is 2. The lowest BCUT2D eigenvalue weighted by Crippen LogP contribution is -2.44. The van der Waals surface area contributed by atoms with Gasteiger partial charge in [0.15, 0.2) is 0 Å². The quantitative estimate of drug-likeness (QED) is 0.786. The van der Waals surface area contributed by atoms with Crippen molar-refractivity contribution in [1.29, 1.82) is 0 Å². The average molecular weight is 338 g/mol. The van der Waals surface area contributed by atoms with Crippen LogP contribution in [0.2, 0.25) is 0 Å². The zero-order valence-electron chi connectivity index (χ0n) is 15.1. The minimum absolute atomic E-state index is 0.000746. The summed E-state index contributed by atoms with van der Waals surface area (Å²) < 4.78 is 0. The van der Waals surface area contributed by atoms with Gasteiger partial charge in [0.25, 0.3) is 0 Å². The summed E-state index contributed by atoms with van der Waals surface area (Å²) in [6, 6.07) is 0.244. The molecule has 138 valence electrons. The maximum Gasteiger partial charge on any atom is 0.307 e. The van der Waals surface area contributed by atoms with Gasteiger partial charge in [0, 0.05) is 6.04 Å². The Bertz CT molecular complexity index is 384. The van der Waals surface area contributed by atoms with Gasteiger partial charge in [-0.2, -0.15) is 0 Å². The molecule has 0 aliphatic heterocycles. The maximum absolute atomic E-state index is 12.7. The molecule has 0 bridgehead atoms. The van der Waals surface area contributed by atoms with E-state index in [4.69, 9.17) is 0 Å². The van der Waals surface area contributed by atoms with Crippen LogP contribution in [-0.4, -0.2) is 23.0 Å². The van der Waals surface area contributed by atoms with Gasteiger partial charge in [0.1, 0.15) is 0 Å². The number of amides is 1. The normalized spacial score (nSPS) is 28.3. The van der Waals surface area contributed by atoms with Gasteiger partial charge in [-0.15, -0.1) is 0 Å². The molecule has 0 spiro atoms. The average Bonchev–Trinajstić information content (AvgIpc) is 2.57. The Morgan fingerprint density at radius 2 is 1.04 bits per heavy atom. The molecule has 2 aliphatic carbocycles.